The van der Waals surface area contributed by atoms with Crippen LogP contribution in [0.25, 0.3) is 0 Å². The van der Waals surface area contributed by atoms with Gasteiger partial charge in [-0.15, -0.1) is 0 Å². The molecular formula is C16H20FNO3. The number of carbonyl (C=O) groups is 2. The second kappa shape index (κ2) is 5.13. The molecule has 0 atom stereocenters. The van der Waals surface area contributed by atoms with Crippen LogP contribution in [0.3, 0.4) is 0 Å². The number of nitrogens with zero attached hydrogens (tertiary/aromatic N) is 1. The van der Waals surface area contributed by atoms with E-state index in [1.807, 2.05) is 0 Å². The number of rotatable bonds is 5. The molecule has 1 N–H and O–H groups in total. The smallest absolute Gasteiger partial charge is 0.329 e. The third-order valence-electron chi connectivity index (χ3n) is 4.32. The van der Waals surface area contributed by atoms with E-state index >= 15 is 0 Å². The summed E-state index contributed by atoms with van der Waals surface area (Å²) in [5, 5.41) is 9.34. The average molecular weight is 293 g/mol. The fourth-order valence-corrected chi connectivity index (χ4v) is 2.69. The molecule has 1 saturated carbocycles. The van der Waals surface area contributed by atoms with E-state index in [2.05, 4.69) is 0 Å². The Bertz CT molecular complexity index is 561. The highest BCUT2D eigenvalue weighted by Gasteiger charge is 2.55. The van der Waals surface area contributed by atoms with Crippen LogP contribution in [-0.4, -0.2) is 34.0 Å². The van der Waals surface area contributed by atoms with Crippen LogP contribution >= 0.6 is 0 Å². The maximum Gasteiger partial charge on any atom is 0.329 e. The molecule has 1 aromatic carbocycles. The van der Waals surface area contributed by atoms with Crippen LogP contribution in [0, 0.1) is 5.82 Å². The molecule has 1 aliphatic rings. The van der Waals surface area contributed by atoms with Crippen molar-refractivity contribution in [2.24, 2.45) is 0 Å². The number of hydrogen-bond acceptors (Lipinski definition) is 2. The first-order valence-corrected chi connectivity index (χ1v) is 7.07. The van der Waals surface area contributed by atoms with Crippen molar-refractivity contribution >= 4 is 11.9 Å². The lowest BCUT2D eigenvalue weighted by atomic mass is 9.91. The van der Waals surface area contributed by atoms with Gasteiger partial charge in [0.15, 0.2) is 0 Å². The number of aliphatic carboxylic acids is 1. The molecule has 21 heavy (non-hydrogen) atoms. The van der Waals surface area contributed by atoms with Crippen molar-refractivity contribution in [3.63, 3.8) is 0 Å². The molecule has 2 rings (SSSR count). The van der Waals surface area contributed by atoms with Gasteiger partial charge < -0.3 is 10.0 Å². The predicted octanol–water partition coefficient (Wildman–Crippen LogP) is 2.57. The number of amides is 1. The second-order valence-corrected chi connectivity index (χ2v) is 6.00. The number of likely N-dealkylation sites (N-methyl/N-ethyl adjacent to an activating group) is 1. The lowest BCUT2D eigenvalue weighted by Crippen LogP contribution is -2.55. The Labute approximate surface area is 123 Å². The highest BCUT2D eigenvalue weighted by molar-refractivity contribution is 5.95. The van der Waals surface area contributed by atoms with Gasteiger partial charge in [-0.1, -0.05) is 12.1 Å². The average Bonchev–Trinajstić information content (AvgIpc) is 3.21. The van der Waals surface area contributed by atoms with E-state index in [-0.39, 0.29) is 11.7 Å². The fourth-order valence-electron chi connectivity index (χ4n) is 2.69. The van der Waals surface area contributed by atoms with Gasteiger partial charge >= 0.3 is 5.97 Å². The van der Waals surface area contributed by atoms with Crippen molar-refractivity contribution in [2.75, 3.05) is 6.54 Å². The van der Waals surface area contributed by atoms with Crippen molar-refractivity contribution in [1.29, 1.82) is 0 Å². The van der Waals surface area contributed by atoms with Crippen molar-refractivity contribution in [1.82, 2.24) is 4.90 Å². The zero-order valence-corrected chi connectivity index (χ0v) is 12.5. The number of carboxylic acids is 1. The van der Waals surface area contributed by atoms with E-state index in [9.17, 15) is 19.1 Å². The summed E-state index contributed by atoms with van der Waals surface area (Å²) < 4.78 is 13.0. The first-order valence-electron chi connectivity index (χ1n) is 7.07. The van der Waals surface area contributed by atoms with Gasteiger partial charge in [-0.05, 0) is 51.3 Å². The Morgan fingerprint density at radius 2 is 1.81 bits per heavy atom. The number of hydrogen-bond donors (Lipinski definition) is 1. The third-order valence-corrected chi connectivity index (χ3v) is 4.32. The van der Waals surface area contributed by atoms with Gasteiger partial charge in [0.25, 0.3) is 0 Å². The predicted molar refractivity (Wildman–Crippen MR) is 76.4 cm³/mol. The Morgan fingerprint density at radius 1 is 1.29 bits per heavy atom. The van der Waals surface area contributed by atoms with Gasteiger partial charge in [0, 0.05) is 6.54 Å². The summed E-state index contributed by atoms with van der Waals surface area (Å²) in [6, 6.07) is 5.90. The van der Waals surface area contributed by atoms with Crippen molar-refractivity contribution in [3.8, 4) is 0 Å². The third kappa shape index (κ3) is 2.52. The van der Waals surface area contributed by atoms with Crippen molar-refractivity contribution < 1.29 is 19.1 Å². The molecule has 1 fully saturated rings. The van der Waals surface area contributed by atoms with Crippen LogP contribution in [0.5, 0.6) is 0 Å². The maximum atomic E-state index is 13.0. The first kappa shape index (κ1) is 15.5. The number of carbonyl (C=O) groups excluding carboxylic acids is 1. The fraction of sp³-hybridized carbons (Fsp3) is 0.500. The minimum absolute atomic E-state index is 0.191. The molecule has 0 bridgehead atoms. The number of carboxylic acid groups (broad SMARTS) is 1. The Balaban J connectivity index is 2.34. The molecule has 4 nitrogen and oxygen atoms in total. The van der Waals surface area contributed by atoms with Crippen LogP contribution in [0.1, 0.15) is 39.2 Å². The summed E-state index contributed by atoms with van der Waals surface area (Å²) >= 11 is 0. The molecule has 0 unspecified atom stereocenters. The van der Waals surface area contributed by atoms with Gasteiger partial charge in [0.2, 0.25) is 5.91 Å². The lowest BCUT2D eigenvalue weighted by Gasteiger charge is -2.37. The molecular weight excluding hydrogens is 273 g/mol. The van der Waals surface area contributed by atoms with Crippen molar-refractivity contribution in [2.45, 2.75) is 44.6 Å². The molecule has 5 heteroatoms. The summed E-state index contributed by atoms with van der Waals surface area (Å²) in [5.74, 6) is -1.57. The molecule has 0 aliphatic heterocycles. The van der Waals surface area contributed by atoms with E-state index in [4.69, 9.17) is 0 Å². The highest BCUT2D eigenvalue weighted by Crippen LogP contribution is 2.50. The zero-order chi connectivity index (χ0) is 15.8. The molecule has 1 aliphatic carbocycles. The molecule has 1 aromatic rings. The molecule has 0 radical (unpaired) electrons. The Morgan fingerprint density at radius 3 is 2.19 bits per heavy atom. The topological polar surface area (TPSA) is 57.6 Å². The summed E-state index contributed by atoms with van der Waals surface area (Å²) in [6.07, 6.45) is 1.34. The SMILES string of the molecule is CCN(C(=O)C1(c2ccc(F)cc2)CC1)C(C)(C)C(=O)O. The lowest BCUT2D eigenvalue weighted by molar-refractivity contribution is -0.157. The van der Waals surface area contributed by atoms with Crippen LogP contribution in [0.15, 0.2) is 24.3 Å². The molecule has 0 aromatic heterocycles. The summed E-state index contributed by atoms with van der Waals surface area (Å²) in [7, 11) is 0. The van der Waals surface area contributed by atoms with Crippen LogP contribution in [-0.2, 0) is 15.0 Å². The van der Waals surface area contributed by atoms with Gasteiger partial charge in [0.05, 0.1) is 5.41 Å². The molecule has 1 amide bonds. The molecule has 0 spiro atoms. The molecule has 114 valence electrons. The number of halogens is 1. The monoisotopic (exact) mass is 293 g/mol. The van der Waals surface area contributed by atoms with E-state index in [0.717, 1.165) is 5.56 Å². The van der Waals surface area contributed by atoms with Gasteiger partial charge in [-0.3, -0.25) is 4.79 Å². The van der Waals surface area contributed by atoms with Gasteiger partial charge in [-0.25, -0.2) is 9.18 Å². The zero-order valence-electron chi connectivity index (χ0n) is 12.5. The standard InChI is InChI=1S/C16H20FNO3/c1-4-18(15(2,3)14(20)21)13(19)16(9-10-16)11-5-7-12(17)8-6-11/h5-8H,4,9-10H2,1-3H3,(H,20,21). The Kier molecular flexibility index (Phi) is 3.78. The summed E-state index contributed by atoms with van der Waals surface area (Å²) in [4.78, 5) is 25.7. The highest BCUT2D eigenvalue weighted by atomic mass is 19.1. The first-order chi connectivity index (χ1) is 9.75. The van der Waals surface area contributed by atoms with E-state index < -0.39 is 16.9 Å². The largest absolute Gasteiger partial charge is 0.480 e. The van der Waals surface area contributed by atoms with E-state index in [1.165, 1.54) is 30.9 Å². The van der Waals surface area contributed by atoms with E-state index in [0.29, 0.717) is 19.4 Å². The Hall–Kier alpha value is -1.91. The molecule has 0 saturated heterocycles. The minimum Gasteiger partial charge on any atom is -0.480 e. The summed E-state index contributed by atoms with van der Waals surface area (Å²) in [5.41, 5.74) is -1.19. The van der Waals surface area contributed by atoms with Gasteiger partial charge in [0.1, 0.15) is 11.4 Å². The van der Waals surface area contributed by atoms with Crippen molar-refractivity contribution in [3.05, 3.63) is 35.6 Å². The van der Waals surface area contributed by atoms with Crippen LogP contribution in [0.4, 0.5) is 4.39 Å². The normalized spacial score (nSPS) is 16.4. The number of benzene rings is 1. The minimum atomic E-state index is -1.26. The van der Waals surface area contributed by atoms with Gasteiger partial charge in [-0.2, -0.15) is 0 Å². The summed E-state index contributed by atoms with van der Waals surface area (Å²) in [6.45, 7) is 5.14. The maximum absolute atomic E-state index is 13.0. The van der Waals surface area contributed by atoms with E-state index in [1.54, 1.807) is 19.1 Å². The van der Waals surface area contributed by atoms with Crippen LogP contribution < -0.4 is 0 Å². The second-order valence-electron chi connectivity index (χ2n) is 6.00. The van der Waals surface area contributed by atoms with Crippen LogP contribution in [0.2, 0.25) is 0 Å². The quantitative estimate of drug-likeness (QED) is 0.907. The molecule has 0 heterocycles.